The van der Waals surface area contributed by atoms with Gasteiger partial charge >= 0.3 is 0 Å². The molecule has 0 fully saturated rings. The fourth-order valence-corrected chi connectivity index (χ4v) is 3.36. The van der Waals surface area contributed by atoms with E-state index in [1.807, 2.05) is 61.5 Å². The summed E-state index contributed by atoms with van der Waals surface area (Å²) >= 11 is 0. The van der Waals surface area contributed by atoms with Crippen LogP contribution in [0.15, 0.2) is 66.7 Å². The largest absolute Gasteiger partial charge is 0.377 e. The Kier molecular flexibility index (Phi) is 3.81. The number of hydrogen-bond donors (Lipinski definition) is 1. The van der Waals surface area contributed by atoms with Gasteiger partial charge in [-0.15, -0.1) is 0 Å². The fraction of sp³-hybridized carbons (Fsp3) is 0.0909. The minimum Gasteiger partial charge on any atom is -0.377 e. The Bertz CT molecular complexity index is 1020. The summed E-state index contributed by atoms with van der Waals surface area (Å²) in [5.74, 6) is -0.243. The highest BCUT2D eigenvalue weighted by Gasteiger charge is 2.34. The molecule has 3 aromatic carbocycles. The number of nitrogens with one attached hydrogen (secondary N) is 1. The van der Waals surface area contributed by atoms with Crippen molar-refractivity contribution >= 4 is 28.6 Å². The molecule has 0 radical (unpaired) electrons. The van der Waals surface area contributed by atoms with Gasteiger partial charge in [0.15, 0.2) is 11.6 Å². The average Bonchev–Trinajstić information content (AvgIpc) is 2.66. The maximum atomic E-state index is 13.2. The Labute approximate surface area is 152 Å². The molecule has 4 rings (SSSR count). The van der Waals surface area contributed by atoms with E-state index in [-0.39, 0.29) is 11.6 Å². The summed E-state index contributed by atoms with van der Waals surface area (Å²) in [6, 6.07) is 20.4. The van der Waals surface area contributed by atoms with Gasteiger partial charge in [-0.2, -0.15) is 0 Å². The van der Waals surface area contributed by atoms with Gasteiger partial charge in [0.05, 0.1) is 16.8 Å². The molecule has 3 aromatic rings. The van der Waals surface area contributed by atoms with E-state index in [1.165, 1.54) is 0 Å². The molecule has 0 amide bonds. The van der Waals surface area contributed by atoms with Crippen molar-refractivity contribution in [2.75, 3.05) is 24.3 Å². The number of anilines is 3. The Balaban J connectivity index is 1.95. The highest BCUT2D eigenvalue weighted by atomic mass is 16.1. The molecule has 0 bridgehead atoms. The van der Waals surface area contributed by atoms with E-state index in [1.54, 1.807) is 24.3 Å². The van der Waals surface area contributed by atoms with Crippen LogP contribution >= 0.6 is 0 Å². The zero-order valence-corrected chi connectivity index (χ0v) is 14.6. The van der Waals surface area contributed by atoms with Crippen LogP contribution in [0.25, 0.3) is 0 Å². The molecule has 0 atom stereocenters. The van der Waals surface area contributed by atoms with E-state index in [4.69, 9.17) is 0 Å². The predicted molar refractivity (Wildman–Crippen MR) is 104 cm³/mol. The van der Waals surface area contributed by atoms with Gasteiger partial charge in [-0.25, -0.2) is 0 Å². The first-order valence-electron chi connectivity index (χ1n) is 8.42. The quantitative estimate of drug-likeness (QED) is 0.604. The van der Waals surface area contributed by atoms with E-state index >= 15 is 0 Å². The van der Waals surface area contributed by atoms with Gasteiger partial charge in [-0.3, -0.25) is 9.59 Å². The molecule has 0 spiro atoms. The molecule has 0 saturated carbocycles. The van der Waals surface area contributed by atoms with Crippen LogP contribution < -0.4 is 10.2 Å². The number of rotatable bonds is 3. The minimum absolute atomic E-state index is 0.115. The second-order valence-electron chi connectivity index (χ2n) is 6.47. The normalized spacial score (nSPS) is 12.4. The lowest BCUT2D eigenvalue weighted by Gasteiger charge is -2.26. The molecule has 1 aliphatic rings. The maximum Gasteiger partial charge on any atom is 0.196 e. The lowest BCUT2D eigenvalue weighted by molar-refractivity contribution is 0.0980. The van der Waals surface area contributed by atoms with Crippen molar-refractivity contribution < 1.29 is 9.59 Å². The Morgan fingerprint density at radius 1 is 0.692 bits per heavy atom. The number of ketones is 2. The van der Waals surface area contributed by atoms with Gasteiger partial charge < -0.3 is 10.2 Å². The van der Waals surface area contributed by atoms with Gasteiger partial charge in [-0.05, 0) is 24.3 Å². The third-order valence-corrected chi connectivity index (χ3v) is 4.59. The number of carbonyl (C=O) groups is 2. The Morgan fingerprint density at radius 3 is 1.88 bits per heavy atom. The third kappa shape index (κ3) is 2.47. The monoisotopic (exact) mass is 342 g/mol. The smallest absolute Gasteiger partial charge is 0.196 e. The molecular weight excluding hydrogens is 324 g/mol. The summed E-state index contributed by atoms with van der Waals surface area (Å²) in [6.45, 7) is 0. The average molecular weight is 342 g/mol. The summed E-state index contributed by atoms with van der Waals surface area (Å²) in [5, 5.41) is 3.29. The maximum absolute atomic E-state index is 13.2. The van der Waals surface area contributed by atoms with Crippen LogP contribution in [0, 0.1) is 0 Å². The van der Waals surface area contributed by atoms with E-state index in [2.05, 4.69) is 5.32 Å². The van der Waals surface area contributed by atoms with E-state index in [9.17, 15) is 9.59 Å². The van der Waals surface area contributed by atoms with Crippen molar-refractivity contribution in [3.8, 4) is 0 Å². The van der Waals surface area contributed by atoms with Gasteiger partial charge in [-0.1, -0.05) is 42.5 Å². The van der Waals surface area contributed by atoms with Crippen LogP contribution in [0.2, 0.25) is 0 Å². The van der Waals surface area contributed by atoms with Crippen LogP contribution in [-0.2, 0) is 0 Å². The fourth-order valence-electron chi connectivity index (χ4n) is 3.36. The molecule has 128 valence electrons. The second kappa shape index (κ2) is 6.15. The lowest BCUT2D eigenvalue weighted by Crippen LogP contribution is -2.25. The van der Waals surface area contributed by atoms with Gasteiger partial charge in [0.2, 0.25) is 0 Å². The first-order valence-corrected chi connectivity index (χ1v) is 8.42. The molecule has 1 aliphatic carbocycles. The Hall–Kier alpha value is -3.40. The third-order valence-electron chi connectivity index (χ3n) is 4.59. The first-order chi connectivity index (χ1) is 12.6. The summed E-state index contributed by atoms with van der Waals surface area (Å²) in [5.41, 5.74) is 4.06. The molecule has 0 unspecified atom stereocenters. The van der Waals surface area contributed by atoms with E-state index in [0.717, 1.165) is 11.4 Å². The lowest BCUT2D eigenvalue weighted by atomic mass is 9.82. The molecule has 0 aliphatic heterocycles. The second-order valence-corrected chi connectivity index (χ2v) is 6.47. The van der Waals surface area contributed by atoms with E-state index < -0.39 is 0 Å². The topological polar surface area (TPSA) is 49.4 Å². The van der Waals surface area contributed by atoms with Gasteiger partial charge in [0, 0.05) is 36.6 Å². The van der Waals surface area contributed by atoms with Crippen molar-refractivity contribution in [1.29, 1.82) is 0 Å². The number of benzene rings is 3. The van der Waals surface area contributed by atoms with Crippen LogP contribution in [0.1, 0.15) is 31.8 Å². The first kappa shape index (κ1) is 16.1. The van der Waals surface area contributed by atoms with Crippen molar-refractivity contribution in [2.45, 2.75) is 0 Å². The molecule has 0 aromatic heterocycles. The zero-order valence-electron chi connectivity index (χ0n) is 14.6. The zero-order chi connectivity index (χ0) is 18.3. The minimum atomic E-state index is -0.127. The SMILES string of the molecule is CN(C)c1ccc(Nc2ccccc2)c2c1C(=O)c1ccccc1C2=O. The summed E-state index contributed by atoms with van der Waals surface area (Å²) in [7, 11) is 3.75. The van der Waals surface area contributed by atoms with Gasteiger partial charge in [0.25, 0.3) is 0 Å². The number of fused-ring (bicyclic) bond motifs is 2. The van der Waals surface area contributed by atoms with Gasteiger partial charge in [0.1, 0.15) is 0 Å². The molecule has 0 saturated heterocycles. The van der Waals surface area contributed by atoms with Crippen LogP contribution in [0.5, 0.6) is 0 Å². The van der Waals surface area contributed by atoms with Crippen molar-refractivity contribution in [2.24, 2.45) is 0 Å². The Morgan fingerprint density at radius 2 is 1.27 bits per heavy atom. The molecule has 26 heavy (non-hydrogen) atoms. The van der Waals surface area contributed by atoms with Crippen LogP contribution in [-0.4, -0.2) is 25.7 Å². The van der Waals surface area contributed by atoms with Crippen molar-refractivity contribution in [3.05, 3.63) is 89.0 Å². The summed E-state index contributed by atoms with van der Waals surface area (Å²) in [6.07, 6.45) is 0. The summed E-state index contributed by atoms with van der Waals surface area (Å²) in [4.78, 5) is 28.3. The van der Waals surface area contributed by atoms with Crippen molar-refractivity contribution in [1.82, 2.24) is 0 Å². The van der Waals surface area contributed by atoms with E-state index in [0.29, 0.717) is 27.9 Å². The number of hydrogen-bond acceptors (Lipinski definition) is 4. The molecule has 0 heterocycles. The highest BCUT2D eigenvalue weighted by Crippen LogP contribution is 2.38. The molecular formula is C22H18N2O2. The number of carbonyl (C=O) groups excluding carboxylic acids is 2. The van der Waals surface area contributed by atoms with Crippen molar-refractivity contribution in [3.63, 3.8) is 0 Å². The standard InChI is InChI=1S/C22H18N2O2/c1-24(2)18-13-12-17(23-14-8-4-3-5-9-14)19-20(18)22(26)16-11-7-6-10-15(16)21(19)25/h3-13,23H,1-2H3. The predicted octanol–water partition coefficient (Wildman–Crippen LogP) is 4.27. The van der Waals surface area contributed by atoms with Crippen LogP contribution in [0.4, 0.5) is 17.1 Å². The number of nitrogens with zero attached hydrogens (tertiary/aromatic N) is 1. The summed E-state index contributed by atoms with van der Waals surface area (Å²) < 4.78 is 0. The molecule has 1 N–H and O–H groups in total. The molecule has 4 heteroatoms. The van der Waals surface area contributed by atoms with Crippen LogP contribution in [0.3, 0.4) is 0 Å². The molecule has 4 nitrogen and oxygen atoms in total. The number of para-hydroxylation sites is 1. The highest BCUT2D eigenvalue weighted by molar-refractivity contribution is 6.32.